The molecule has 1 fully saturated rings. The molecule has 1 aliphatic carbocycles. The third-order valence-electron chi connectivity index (χ3n) is 4.51. The van der Waals surface area contributed by atoms with E-state index in [1.54, 1.807) is 4.13 Å². The van der Waals surface area contributed by atoms with E-state index >= 15 is 0 Å². The van der Waals surface area contributed by atoms with Gasteiger partial charge in [0.2, 0.25) is 0 Å². The second kappa shape index (κ2) is 8.67. The molecule has 0 heterocycles. The fourth-order valence-corrected chi connectivity index (χ4v) is 4.40. The van der Waals surface area contributed by atoms with E-state index in [0.717, 1.165) is 19.3 Å². The smallest absolute Gasteiger partial charge is 0.350 e. The fraction of sp³-hybridized carbons (Fsp3) is 0.933. The summed E-state index contributed by atoms with van der Waals surface area (Å²) in [7, 11) is 0. The van der Waals surface area contributed by atoms with E-state index in [2.05, 4.69) is 33.0 Å². The Labute approximate surface area is 154 Å². The standard InChI is InChI=1S/C15H26F4N2O2S2/c1-9-5-6-10(11(7-9)13(2,3)4)8-20-12(22)14(16,23)24-21-25-15(17,18)19/h9-11,21,23H,5-8H2,1-4H3,(H,20,22). The van der Waals surface area contributed by atoms with Gasteiger partial charge in [-0.25, -0.2) is 0 Å². The Morgan fingerprint density at radius 2 is 1.76 bits per heavy atom. The summed E-state index contributed by atoms with van der Waals surface area (Å²) in [5.74, 6) is -0.304. The Bertz CT molecular complexity index is 456. The first-order valence-electron chi connectivity index (χ1n) is 8.09. The summed E-state index contributed by atoms with van der Waals surface area (Å²) in [4.78, 5) is 11.8. The van der Waals surface area contributed by atoms with E-state index < -0.39 is 28.6 Å². The van der Waals surface area contributed by atoms with Crippen molar-refractivity contribution in [2.75, 3.05) is 6.54 Å². The van der Waals surface area contributed by atoms with Crippen LogP contribution in [0.25, 0.3) is 0 Å². The monoisotopic (exact) mass is 406 g/mol. The molecule has 148 valence electrons. The maximum atomic E-state index is 13.9. The first kappa shape index (κ1) is 22.9. The van der Waals surface area contributed by atoms with Gasteiger partial charge in [0.25, 0.3) is 5.91 Å². The van der Waals surface area contributed by atoms with Crippen molar-refractivity contribution >= 4 is 29.8 Å². The molecule has 4 unspecified atom stereocenters. The van der Waals surface area contributed by atoms with Crippen molar-refractivity contribution in [1.29, 1.82) is 0 Å². The largest absolute Gasteiger partial charge is 0.456 e. The van der Waals surface area contributed by atoms with Crippen LogP contribution in [0.4, 0.5) is 17.6 Å². The zero-order chi connectivity index (χ0) is 19.5. The molecule has 0 aromatic carbocycles. The molecule has 25 heavy (non-hydrogen) atoms. The van der Waals surface area contributed by atoms with Gasteiger partial charge in [0, 0.05) is 30.4 Å². The Morgan fingerprint density at radius 3 is 2.28 bits per heavy atom. The van der Waals surface area contributed by atoms with E-state index in [-0.39, 0.29) is 29.8 Å². The van der Waals surface area contributed by atoms with Crippen molar-refractivity contribution in [1.82, 2.24) is 9.44 Å². The van der Waals surface area contributed by atoms with Crippen LogP contribution < -0.4 is 9.44 Å². The minimum Gasteiger partial charge on any atom is -0.350 e. The van der Waals surface area contributed by atoms with Gasteiger partial charge < -0.3 is 10.4 Å². The van der Waals surface area contributed by atoms with E-state index in [1.165, 1.54) is 0 Å². The molecule has 1 saturated carbocycles. The van der Waals surface area contributed by atoms with Crippen LogP contribution in [0.15, 0.2) is 0 Å². The third kappa shape index (κ3) is 7.92. The highest BCUT2D eigenvalue weighted by Gasteiger charge is 2.41. The van der Waals surface area contributed by atoms with Crippen LogP contribution in [-0.2, 0) is 4.79 Å². The number of alkyl halides is 4. The summed E-state index contributed by atoms with van der Waals surface area (Å²) >= 11 is -1.06. The van der Waals surface area contributed by atoms with Crippen molar-refractivity contribution in [2.45, 2.75) is 57.7 Å². The van der Waals surface area contributed by atoms with Gasteiger partial charge in [-0.05, 0) is 36.0 Å². The van der Waals surface area contributed by atoms with Gasteiger partial charge in [0.15, 0.2) is 0 Å². The number of nitrogens with one attached hydrogen (secondary N) is 2. The molecule has 0 aliphatic heterocycles. The maximum Gasteiger partial charge on any atom is 0.456 e. The van der Waals surface area contributed by atoms with Crippen LogP contribution in [0.1, 0.15) is 47.0 Å². The molecule has 10 heteroatoms. The third-order valence-corrected chi connectivity index (χ3v) is 5.86. The zero-order valence-electron chi connectivity index (χ0n) is 14.7. The first-order valence-corrected chi connectivity index (χ1v) is 9.73. The molecule has 3 N–H and O–H groups in total. The summed E-state index contributed by atoms with van der Waals surface area (Å²) in [6, 6.07) is 0. The van der Waals surface area contributed by atoms with Crippen molar-refractivity contribution in [3.05, 3.63) is 0 Å². The predicted molar refractivity (Wildman–Crippen MR) is 92.9 cm³/mol. The highest BCUT2D eigenvalue weighted by molar-refractivity contribution is 8.13. The normalized spacial score (nSPS) is 27.6. The number of halogens is 4. The number of hydrogen-bond donors (Lipinski definition) is 3. The van der Waals surface area contributed by atoms with Crippen molar-refractivity contribution in [2.24, 2.45) is 23.2 Å². The molecule has 4 nitrogen and oxygen atoms in total. The first-order chi connectivity index (χ1) is 11.2. The summed E-state index contributed by atoms with van der Waals surface area (Å²) < 4.78 is 51.4. The minimum atomic E-state index is -4.64. The summed E-state index contributed by atoms with van der Waals surface area (Å²) in [5.41, 5.74) is -4.62. The van der Waals surface area contributed by atoms with Crippen LogP contribution in [-0.4, -0.2) is 28.3 Å². The van der Waals surface area contributed by atoms with Crippen molar-refractivity contribution in [3.8, 4) is 0 Å². The molecule has 0 aromatic rings. The lowest BCUT2D eigenvalue weighted by Crippen LogP contribution is -2.46. The summed E-state index contributed by atoms with van der Waals surface area (Å²) in [6.45, 7) is 8.71. The van der Waals surface area contributed by atoms with Gasteiger partial charge in [-0.1, -0.05) is 34.1 Å². The average molecular weight is 407 g/mol. The molecule has 1 amide bonds. The molecule has 4 atom stereocenters. The van der Waals surface area contributed by atoms with E-state index in [4.69, 9.17) is 0 Å². The lowest BCUT2D eigenvalue weighted by Gasteiger charge is -2.43. The lowest BCUT2D eigenvalue weighted by molar-refractivity contribution is -0.143. The highest BCUT2D eigenvalue weighted by Crippen LogP contribution is 2.43. The second-order valence-electron chi connectivity index (χ2n) is 7.66. The molecule has 0 saturated heterocycles. The predicted octanol–water partition coefficient (Wildman–Crippen LogP) is 4.22. The van der Waals surface area contributed by atoms with Crippen LogP contribution in [0.3, 0.4) is 0 Å². The van der Waals surface area contributed by atoms with E-state index in [1.807, 2.05) is 0 Å². The maximum absolute atomic E-state index is 13.9. The number of rotatable bonds is 6. The molecule has 0 spiro atoms. The van der Waals surface area contributed by atoms with Crippen LogP contribution >= 0.6 is 23.9 Å². The number of hydrogen-bond acceptors (Lipinski definition) is 5. The van der Waals surface area contributed by atoms with Crippen molar-refractivity contribution in [3.63, 3.8) is 0 Å². The number of amides is 1. The molecular formula is C15H26F4N2O2S2. The SMILES string of the molecule is CC1CCC(CNC(=O)C(O)(F)SNSC(F)(F)F)C(C(C)(C)C)C1. The number of carbonyl (C=O) groups is 1. The highest BCUT2D eigenvalue weighted by atomic mass is 32.2. The molecule has 1 aliphatic rings. The Balaban J connectivity index is 2.55. The molecular weight excluding hydrogens is 380 g/mol. The van der Waals surface area contributed by atoms with E-state index in [0.29, 0.717) is 11.8 Å². The fourth-order valence-electron chi connectivity index (χ4n) is 3.25. The summed E-state index contributed by atoms with van der Waals surface area (Å²) in [5, 5.41) is 8.29. The molecule has 0 bridgehead atoms. The average Bonchev–Trinajstić information content (AvgIpc) is 2.42. The topological polar surface area (TPSA) is 61.4 Å². The molecule has 0 aromatic heterocycles. The van der Waals surface area contributed by atoms with Crippen LogP contribution in [0, 0.1) is 23.2 Å². The van der Waals surface area contributed by atoms with Crippen molar-refractivity contribution < 1.29 is 27.5 Å². The Kier molecular flexibility index (Phi) is 7.92. The van der Waals surface area contributed by atoms with Crippen LogP contribution in [0.5, 0.6) is 0 Å². The second-order valence-corrected chi connectivity index (χ2v) is 9.73. The van der Waals surface area contributed by atoms with Gasteiger partial charge in [0.05, 0.1) is 0 Å². The van der Waals surface area contributed by atoms with Gasteiger partial charge in [-0.2, -0.15) is 21.7 Å². The zero-order valence-corrected chi connectivity index (χ0v) is 16.4. The quantitative estimate of drug-likeness (QED) is 0.350. The van der Waals surface area contributed by atoms with Gasteiger partial charge >= 0.3 is 10.7 Å². The van der Waals surface area contributed by atoms with Gasteiger partial charge in [0.1, 0.15) is 0 Å². The molecule has 0 radical (unpaired) electrons. The van der Waals surface area contributed by atoms with Gasteiger partial charge in [-0.15, -0.1) is 0 Å². The lowest BCUT2D eigenvalue weighted by atomic mass is 9.64. The number of carbonyl (C=O) groups excluding carboxylic acids is 1. The van der Waals surface area contributed by atoms with Crippen LogP contribution in [0.2, 0.25) is 0 Å². The number of aliphatic hydroxyl groups is 1. The summed E-state index contributed by atoms with van der Waals surface area (Å²) in [6.07, 6.45) is 2.89. The van der Waals surface area contributed by atoms with E-state index in [9.17, 15) is 27.5 Å². The Hall–Kier alpha value is -0.190. The molecule has 1 rings (SSSR count). The Morgan fingerprint density at radius 1 is 1.16 bits per heavy atom. The van der Waals surface area contributed by atoms with Gasteiger partial charge in [-0.3, -0.25) is 4.79 Å². The minimum absolute atomic E-state index is 0.0236.